The lowest BCUT2D eigenvalue weighted by Crippen LogP contribution is -2.08. The molecule has 2 rings (SSSR count). The van der Waals surface area contributed by atoms with Crippen molar-refractivity contribution in [2.24, 2.45) is 0 Å². The quantitative estimate of drug-likeness (QED) is 0.939. The number of carbonyl (C=O) groups is 1. The van der Waals surface area contributed by atoms with Crippen LogP contribution in [0.15, 0.2) is 34.9 Å². The van der Waals surface area contributed by atoms with Crippen LogP contribution < -0.4 is 5.32 Å². The highest BCUT2D eigenvalue weighted by molar-refractivity contribution is 9.10. The van der Waals surface area contributed by atoms with Crippen LogP contribution >= 0.6 is 27.5 Å². The lowest BCUT2D eigenvalue weighted by Gasteiger charge is -2.03. The lowest BCUT2D eigenvalue weighted by atomic mass is 10.2. The van der Waals surface area contributed by atoms with Crippen molar-refractivity contribution in [2.75, 3.05) is 5.32 Å². The largest absolute Gasteiger partial charge is 0.309 e. The molecule has 4 nitrogen and oxygen atoms in total. The molecule has 0 bridgehead atoms. The molecule has 94 valence electrons. The Hall–Kier alpha value is -1.33. The molecule has 0 aliphatic rings. The number of anilines is 1. The molecule has 0 spiro atoms. The molecular weight excluding hydrogens is 318 g/mol. The molecule has 0 unspecified atom stereocenters. The Morgan fingerprint density at radius 2 is 2.22 bits per heavy atom. The summed E-state index contributed by atoms with van der Waals surface area (Å²) < 4.78 is 2.46. The fourth-order valence-corrected chi connectivity index (χ4v) is 2.14. The van der Waals surface area contributed by atoms with Crippen LogP contribution in [0.3, 0.4) is 0 Å². The lowest BCUT2D eigenvalue weighted by molar-refractivity contribution is -0.114. The number of amides is 1. The maximum absolute atomic E-state index is 11.0. The molecular formula is C12H11BrClN3O. The van der Waals surface area contributed by atoms with Gasteiger partial charge in [0.2, 0.25) is 5.91 Å². The molecule has 0 atom stereocenters. The van der Waals surface area contributed by atoms with E-state index in [0.29, 0.717) is 17.4 Å². The molecule has 1 aromatic carbocycles. The van der Waals surface area contributed by atoms with Crippen molar-refractivity contribution in [3.63, 3.8) is 0 Å². The molecule has 1 heterocycles. The minimum absolute atomic E-state index is 0.154. The summed E-state index contributed by atoms with van der Waals surface area (Å²) in [6, 6.07) is 7.59. The van der Waals surface area contributed by atoms with E-state index in [4.69, 9.17) is 11.6 Å². The van der Waals surface area contributed by atoms with Gasteiger partial charge in [-0.2, -0.15) is 5.10 Å². The maximum Gasteiger partial charge on any atom is 0.222 e. The average Bonchev–Trinajstić information content (AvgIpc) is 2.62. The van der Waals surface area contributed by atoms with E-state index in [9.17, 15) is 4.79 Å². The number of hydrogen-bond acceptors (Lipinski definition) is 2. The van der Waals surface area contributed by atoms with Gasteiger partial charge < -0.3 is 5.32 Å². The Kier molecular flexibility index (Phi) is 4.04. The van der Waals surface area contributed by atoms with Crippen molar-refractivity contribution in [3.05, 3.63) is 45.5 Å². The number of benzene rings is 1. The van der Waals surface area contributed by atoms with Gasteiger partial charge in [0.15, 0.2) is 5.82 Å². The van der Waals surface area contributed by atoms with Crippen LogP contribution in [-0.4, -0.2) is 15.7 Å². The van der Waals surface area contributed by atoms with Crippen molar-refractivity contribution >= 4 is 39.3 Å². The molecule has 18 heavy (non-hydrogen) atoms. The Balaban J connectivity index is 2.20. The highest BCUT2D eigenvalue weighted by Crippen LogP contribution is 2.22. The van der Waals surface area contributed by atoms with E-state index in [1.807, 2.05) is 24.3 Å². The van der Waals surface area contributed by atoms with Crippen molar-refractivity contribution < 1.29 is 4.79 Å². The number of nitrogens with one attached hydrogen (secondary N) is 1. The van der Waals surface area contributed by atoms with Gasteiger partial charge in [0, 0.05) is 18.1 Å². The molecule has 2 aromatic rings. The Bertz CT molecular complexity index is 582. The van der Waals surface area contributed by atoms with Crippen LogP contribution in [0, 0.1) is 0 Å². The van der Waals surface area contributed by atoms with Gasteiger partial charge in [-0.15, -0.1) is 0 Å². The first-order valence-electron chi connectivity index (χ1n) is 5.30. The van der Waals surface area contributed by atoms with Gasteiger partial charge in [0.25, 0.3) is 0 Å². The highest BCUT2D eigenvalue weighted by Gasteiger charge is 2.08. The van der Waals surface area contributed by atoms with Gasteiger partial charge in [-0.3, -0.25) is 9.48 Å². The van der Waals surface area contributed by atoms with Gasteiger partial charge >= 0.3 is 0 Å². The third kappa shape index (κ3) is 3.11. The third-order valence-electron chi connectivity index (χ3n) is 2.30. The zero-order chi connectivity index (χ0) is 13.1. The standard InChI is InChI=1S/C12H11BrClN3O/c1-8(18)15-12-10(13)7-17(16-12)6-9-4-2-3-5-11(9)14/h2-5,7H,6H2,1H3,(H,15,16,18). The van der Waals surface area contributed by atoms with Gasteiger partial charge in [-0.1, -0.05) is 29.8 Å². The van der Waals surface area contributed by atoms with Gasteiger partial charge in [0.05, 0.1) is 11.0 Å². The van der Waals surface area contributed by atoms with E-state index in [1.54, 1.807) is 10.9 Å². The van der Waals surface area contributed by atoms with E-state index in [1.165, 1.54) is 6.92 Å². The number of rotatable bonds is 3. The van der Waals surface area contributed by atoms with Crippen LogP contribution in [-0.2, 0) is 11.3 Å². The minimum Gasteiger partial charge on any atom is -0.309 e. The normalized spacial score (nSPS) is 10.4. The monoisotopic (exact) mass is 327 g/mol. The number of nitrogens with zero attached hydrogens (tertiary/aromatic N) is 2. The molecule has 1 aromatic heterocycles. The van der Waals surface area contributed by atoms with E-state index < -0.39 is 0 Å². The Morgan fingerprint density at radius 3 is 2.89 bits per heavy atom. The van der Waals surface area contributed by atoms with Crippen molar-refractivity contribution in [1.29, 1.82) is 0 Å². The van der Waals surface area contributed by atoms with Crippen molar-refractivity contribution in [3.8, 4) is 0 Å². The molecule has 0 aliphatic carbocycles. The first-order chi connectivity index (χ1) is 8.56. The van der Waals surface area contributed by atoms with Crippen LogP contribution in [0.5, 0.6) is 0 Å². The molecule has 1 N–H and O–H groups in total. The van der Waals surface area contributed by atoms with E-state index in [2.05, 4.69) is 26.3 Å². The second-order valence-electron chi connectivity index (χ2n) is 3.80. The summed E-state index contributed by atoms with van der Waals surface area (Å²) in [6.07, 6.45) is 1.80. The summed E-state index contributed by atoms with van der Waals surface area (Å²) in [5, 5.41) is 7.61. The number of carbonyl (C=O) groups excluding carboxylic acids is 1. The first-order valence-corrected chi connectivity index (χ1v) is 6.47. The van der Waals surface area contributed by atoms with Gasteiger partial charge in [-0.25, -0.2) is 0 Å². The van der Waals surface area contributed by atoms with Crippen molar-refractivity contribution in [2.45, 2.75) is 13.5 Å². The second-order valence-corrected chi connectivity index (χ2v) is 5.06. The number of halogens is 2. The van der Waals surface area contributed by atoms with E-state index >= 15 is 0 Å². The van der Waals surface area contributed by atoms with Crippen LogP contribution in [0.1, 0.15) is 12.5 Å². The molecule has 0 fully saturated rings. The summed E-state index contributed by atoms with van der Waals surface area (Å²) in [6.45, 7) is 2.00. The zero-order valence-electron chi connectivity index (χ0n) is 9.65. The predicted molar refractivity (Wildman–Crippen MR) is 74.8 cm³/mol. The summed E-state index contributed by atoms with van der Waals surface area (Å²) in [4.78, 5) is 11.0. The smallest absolute Gasteiger partial charge is 0.222 e. The average molecular weight is 329 g/mol. The maximum atomic E-state index is 11.0. The first kappa shape index (κ1) is 13.1. The van der Waals surface area contributed by atoms with E-state index in [0.717, 1.165) is 10.0 Å². The summed E-state index contributed by atoms with van der Waals surface area (Å²) in [5.41, 5.74) is 0.976. The number of hydrogen-bond donors (Lipinski definition) is 1. The molecule has 0 saturated carbocycles. The molecule has 0 saturated heterocycles. The van der Waals surface area contributed by atoms with Gasteiger partial charge in [-0.05, 0) is 27.6 Å². The third-order valence-corrected chi connectivity index (χ3v) is 3.25. The van der Waals surface area contributed by atoms with E-state index in [-0.39, 0.29) is 5.91 Å². The summed E-state index contributed by atoms with van der Waals surface area (Å²) in [5.74, 6) is 0.355. The fourth-order valence-electron chi connectivity index (χ4n) is 1.53. The SMILES string of the molecule is CC(=O)Nc1nn(Cc2ccccc2Cl)cc1Br. The van der Waals surface area contributed by atoms with Crippen LogP contribution in [0.4, 0.5) is 5.82 Å². The molecule has 0 radical (unpaired) electrons. The predicted octanol–water partition coefficient (Wildman–Crippen LogP) is 3.31. The number of aromatic nitrogens is 2. The molecule has 1 amide bonds. The van der Waals surface area contributed by atoms with Gasteiger partial charge in [0.1, 0.15) is 0 Å². The fraction of sp³-hybridized carbons (Fsp3) is 0.167. The minimum atomic E-state index is -0.154. The Labute approximate surface area is 118 Å². The second kappa shape index (κ2) is 5.54. The molecule has 6 heteroatoms. The summed E-state index contributed by atoms with van der Waals surface area (Å²) in [7, 11) is 0. The highest BCUT2D eigenvalue weighted by atomic mass is 79.9. The summed E-state index contributed by atoms with van der Waals surface area (Å²) >= 11 is 9.43. The zero-order valence-corrected chi connectivity index (χ0v) is 12.0. The Morgan fingerprint density at radius 1 is 1.50 bits per heavy atom. The van der Waals surface area contributed by atoms with Crippen LogP contribution in [0.25, 0.3) is 0 Å². The topological polar surface area (TPSA) is 46.9 Å². The molecule has 0 aliphatic heterocycles. The van der Waals surface area contributed by atoms with Crippen LogP contribution in [0.2, 0.25) is 5.02 Å². The van der Waals surface area contributed by atoms with Crippen molar-refractivity contribution in [1.82, 2.24) is 9.78 Å².